The highest BCUT2D eigenvalue weighted by Gasteiger charge is 2.39. The van der Waals surface area contributed by atoms with Gasteiger partial charge in [-0.3, -0.25) is 9.78 Å². The van der Waals surface area contributed by atoms with E-state index in [2.05, 4.69) is 38.0 Å². The maximum Gasteiger partial charge on any atom is 0.255 e. The van der Waals surface area contributed by atoms with Crippen LogP contribution in [0.5, 0.6) is 0 Å². The van der Waals surface area contributed by atoms with E-state index in [1.807, 2.05) is 6.92 Å². The van der Waals surface area contributed by atoms with Gasteiger partial charge in [0.15, 0.2) is 0 Å². The lowest BCUT2D eigenvalue weighted by molar-refractivity contribution is 0.0714. The third-order valence-corrected chi connectivity index (χ3v) is 4.21. The number of aryl methyl sites for hydroxylation is 1. The zero-order valence-electron chi connectivity index (χ0n) is 13.8. The van der Waals surface area contributed by atoms with Crippen molar-refractivity contribution in [2.24, 2.45) is 10.8 Å². The van der Waals surface area contributed by atoms with Crippen molar-refractivity contribution in [3.8, 4) is 0 Å². The Morgan fingerprint density at radius 1 is 1.29 bits per heavy atom. The summed E-state index contributed by atoms with van der Waals surface area (Å²) < 4.78 is 0. The number of nitrogens with two attached hydrogens (primary N) is 1. The third-order valence-electron chi connectivity index (χ3n) is 4.21. The van der Waals surface area contributed by atoms with Crippen LogP contribution in [0, 0.1) is 17.8 Å². The molecule has 21 heavy (non-hydrogen) atoms. The number of amides is 1. The topological polar surface area (TPSA) is 68.0 Å². The number of nitrogens with one attached hydrogen (secondary N) is 1. The average Bonchev–Trinajstić information content (AvgIpc) is 2.23. The lowest BCUT2D eigenvalue weighted by Gasteiger charge is -2.45. The van der Waals surface area contributed by atoms with Gasteiger partial charge in [0, 0.05) is 23.6 Å². The number of hydrogen-bond donors (Lipinski definition) is 2. The Balaban J connectivity index is 2.12. The molecule has 4 heteroatoms. The molecular weight excluding hydrogens is 262 g/mol. The molecule has 0 aromatic carbocycles. The highest BCUT2D eigenvalue weighted by molar-refractivity contribution is 5.99. The minimum absolute atomic E-state index is 0.112. The van der Waals surface area contributed by atoms with E-state index in [-0.39, 0.29) is 22.8 Å². The summed E-state index contributed by atoms with van der Waals surface area (Å²) in [5.41, 5.74) is 8.22. The first kappa shape index (κ1) is 15.8. The van der Waals surface area contributed by atoms with Crippen LogP contribution in [0.3, 0.4) is 0 Å². The Bertz CT molecular complexity index is 533. The van der Waals surface area contributed by atoms with E-state index in [4.69, 9.17) is 5.73 Å². The predicted molar refractivity (Wildman–Crippen MR) is 86.1 cm³/mol. The van der Waals surface area contributed by atoms with Gasteiger partial charge < -0.3 is 11.1 Å². The van der Waals surface area contributed by atoms with Crippen LogP contribution in [0.15, 0.2) is 12.3 Å². The minimum Gasteiger partial charge on any atom is -0.398 e. The monoisotopic (exact) mass is 289 g/mol. The van der Waals surface area contributed by atoms with Crippen LogP contribution >= 0.6 is 0 Å². The van der Waals surface area contributed by atoms with Crippen molar-refractivity contribution in [3.63, 3.8) is 0 Å². The van der Waals surface area contributed by atoms with Crippen molar-refractivity contribution in [3.05, 3.63) is 23.5 Å². The number of carbonyl (C=O) groups is 1. The number of carbonyl (C=O) groups excluding carboxylic acids is 1. The lowest BCUT2D eigenvalue weighted by Crippen LogP contribution is -2.46. The van der Waals surface area contributed by atoms with Crippen LogP contribution < -0.4 is 11.1 Å². The Hall–Kier alpha value is -1.58. The summed E-state index contributed by atoms with van der Waals surface area (Å²) in [6.07, 6.45) is 4.75. The van der Waals surface area contributed by atoms with E-state index in [1.54, 1.807) is 12.3 Å². The molecule has 0 atom stereocenters. The van der Waals surface area contributed by atoms with Gasteiger partial charge in [-0.05, 0) is 43.1 Å². The van der Waals surface area contributed by atoms with E-state index >= 15 is 0 Å². The second-order valence-electron chi connectivity index (χ2n) is 8.00. The van der Waals surface area contributed by atoms with E-state index in [9.17, 15) is 4.79 Å². The molecule has 0 spiro atoms. The number of anilines is 1. The summed E-state index contributed by atoms with van der Waals surface area (Å²) >= 11 is 0. The third kappa shape index (κ3) is 3.96. The summed E-state index contributed by atoms with van der Waals surface area (Å²) in [7, 11) is 0. The van der Waals surface area contributed by atoms with Crippen LogP contribution in [-0.4, -0.2) is 16.9 Å². The highest BCUT2D eigenvalue weighted by atomic mass is 16.1. The van der Waals surface area contributed by atoms with Crippen LogP contribution in [0.2, 0.25) is 0 Å². The van der Waals surface area contributed by atoms with Crippen LogP contribution in [0.25, 0.3) is 0 Å². The average molecular weight is 289 g/mol. The van der Waals surface area contributed by atoms with Crippen molar-refractivity contribution >= 4 is 11.6 Å². The number of nitrogens with zero attached hydrogens (tertiary/aromatic N) is 1. The van der Waals surface area contributed by atoms with Gasteiger partial charge in [-0.2, -0.15) is 0 Å². The second kappa shape index (κ2) is 5.32. The molecule has 1 heterocycles. The summed E-state index contributed by atoms with van der Waals surface area (Å²) in [4.78, 5) is 16.6. The summed E-state index contributed by atoms with van der Waals surface area (Å²) in [6, 6.07) is 1.93. The van der Waals surface area contributed by atoms with Gasteiger partial charge in [0.2, 0.25) is 0 Å². The van der Waals surface area contributed by atoms with Crippen LogP contribution in [0.1, 0.15) is 63.0 Å². The predicted octanol–water partition coefficient (Wildman–Crippen LogP) is 3.31. The Labute approximate surface area is 127 Å². The van der Waals surface area contributed by atoms with Crippen molar-refractivity contribution in [1.29, 1.82) is 0 Å². The number of hydrogen-bond acceptors (Lipinski definition) is 3. The molecule has 1 amide bonds. The molecule has 1 aromatic heterocycles. The molecule has 4 nitrogen and oxygen atoms in total. The van der Waals surface area contributed by atoms with E-state index in [1.165, 1.54) is 6.42 Å². The Morgan fingerprint density at radius 3 is 2.38 bits per heavy atom. The van der Waals surface area contributed by atoms with E-state index in [0.717, 1.165) is 18.5 Å². The van der Waals surface area contributed by atoms with Gasteiger partial charge in [0.25, 0.3) is 5.91 Å². The SMILES string of the molecule is Cc1cc(N)c(C(=O)NC2CC(C)(C)CC(C)(C)C2)cn1. The molecule has 0 saturated heterocycles. The van der Waals surface area contributed by atoms with Gasteiger partial charge in [0.1, 0.15) is 0 Å². The summed E-state index contributed by atoms with van der Waals surface area (Å²) in [5, 5.41) is 3.15. The molecular formula is C17H27N3O. The molecule has 116 valence electrons. The molecule has 1 aromatic rings. The molecule has 2 rings (SSSR count). The standard InChI is InChI=1S/C17H27N3O/c1-11-6-14(18)13(9-19-11)15(21)20-12-7-16(2,3)10-17(4,5)8-12/h6,9,12H,7-8,10H2,1-5H3,(H2,18,19)(H,20,21). The first-order chi connectivity index (χ1) is 9.58. The Kier molecular flexibility index (Phi) is 4.00. The second-order valence-corrected chi connectivity index (χ2v) is 8.00. The molecule has 0 bridgehead atoms. The van der Waals surface area contributed by atoms with Crippen LogP contribution in [-0.2, 0) is 0 Å². The van der Waals surface area contributed by atoms with Crippen molar-refractivity contribution in [2.75, 3.05) is 5.73 Å². The Morgan fingerprint density at radius 2 is 1.86 bits per heavy atom. The van der Waals surface area contributed by atoms with Gasteiger partial charge in [-0.15, -0.1) is 0 Å². The normalized spacial score (nSPS) is 21.0. The molecule has 0 unspecified atom stereocenters. The molecule has 1 fully saturated rings. The van der Waals surface area contributed by atoms with E-state index < -0.39 is 0 Å². The quantitative estimate of drug-likeness (QED) is 0.877. The fraction of sp³-hybridized carbons (Fsp3) is 0.647. The maximum absolute atomic E-state index is 12.4. The minimum atomic E-state index is -0.112. The van der Waals surface area contributed by atoms with Crippen LogP contribution in [0.4, 0.5) is 5.69 Å². The molecule has 0 aliphatic heterocycles. The molecule has 3 N–H and O–H groups in total. The smallest absolute Gasteiger partial charge is 0.255 e. The first-order valence-corrected chi connectivity index (χ1v) is 7.61. The number of pyridine rings is 1. The highest BCUT2D eigenvalue weighted by Crippen LogP contribution is 2.45. The molecule has 1 saturated carbocycles. The fourth-order valence-corrected chi connectivity index (χ4v) is 3.98. The van der Waals surface area contributed by atoms with Gasteiger partial charge in [-0.25, -0.2) is 0 Å². The van der Waals surface area contributed by atoms with Gasteiger partial charge in [-0.1, -0.05) is 27.7 Å². The number of nitrogen functional groups attached to an aromatic ring is 1. The summed E-state index contributed by atoms with van der Waals surface area (Å²) in [6.45, 7) is 11.0. The lowest BCUT2D eigenvalue weighted by atomic mass is 9.63. The van der Waals surface area contributed by atoms with Crippen molar-refractivity contribution in [2.45, 2.75) is 59.9 Å². The zero-order chi connectivity index (χ0) is 15.8. The van der Waals surface area contributed by atoms with E-state index in [0.29, 0.717) is 11.3 Å². The number of rotatable bonds is 2. The maximum atomic E-state index is 12.4. The van der Waals surface area contributed by atoms with Crippen molar-refractivity contribution in [1.82, 2.24) is 10.3 Å². The zero-order valence-corrected chi connectivity index (χ0v) is 13.8. The molecule has 0 radical (unpaired) electrons. The van der Waals surface area contributed by atoms with Gasteiger partial charge >= 0.3 is 0 Å². The van der Waals surface area contributed by atoms with Crippen molar-refractivity contribution < 1.29 is 4.79 Å². The largest absolute Gasteiger partial charge is 0.398 e. The summed E-state index contributed by atoms with van der Waals surface area (Å²) in [5.74, 6) is -0.112. The number of aromatic nitrogens is 1. The molecule has 1 aliphatic rings. The van der Waals surface area contributed by atoms with Gasteiger partial charge in [0.05, 0.1) is 5.56 Å². The first-order valence-electron chi connectivity index (χ1n) is 7.61. The fourth-order valence-electron chi connectivity index (χ4n) is 3.98. The molecule has 1 aliphatic carbocycles.